The number of hydrogen-bond acceptors (Lipinski definition) is 3. The molecule has 0 saturated heterocycles. The van der Waals surface area contributed by atoms with Crippen LogP contribution >= 0.6 is 34.2 Å². The predicted molar refractivity (Wildman–Crippen MR) is 42.3 cm³/mol. The summed E-state index contributed by atoms with van der Waals surface area (Å²) in [4.78, 5) is 11.5. The van der Waals surface area contributed by atoms with Crippen molar-refractivity contribution in [3.05, 3.63) is 14.9 Å². The van der Waals surface area contributed by atoms with Gasteiger partial charge in [0, 0.05) is 22.6 Å². The summed E-state index contributed by atoms with van der Waals surface area (Å²) in [5, 5.41) is 0.256. The Labute approximate surface area is 71.0 Å². The van der Waals surface area contributed by atoms with E-state index in [0.29, 0.717) is 9.66 Å². The van der Waals surface area contributed by atoms with Crippen LogP contribution in [0.4, 0.5) is 0 Å². The molecule has 0 N–H and O–H groups in total. The van der Waals surface area contributed by atoms with E-state index in [4.69, 9.17) is 11.6 Å². The molecule has 1 aromatic rings. The maximum absolute atomic E-state index is 5.48. The molecule has 0 fully saturated rings. The Hall–Kier alpha value is 0.0300. The standard InChI is InChI=1S/C4H3ClIN3/c1-2-7-3(5)9-4(6)8-2/h1H3. The van der Waals surface area contributed by atoms with Gasteiger partial charge in [-0.25, -0.2) is 9.97 Å². The van der Waals surface area contributed by atoms with Crippen molar-refractivity contribution in [2.75, 3.05) is 0 Å². The monoisotopic (exact) mass is 255 g/mol. The molecule has 0 aliphatic rings. The van der Waals surface area contributed by atoms with E-state index in [1.165, 1.54) is 0 Å². The maximum Gasteiger partial charge on any atom is 0.226 e. The van der Waals surface area contributed by atoms with E-state index in [1.54, 1.807) is 6.92 Å². The number of nitrogens with zero attached hydrogens (tertiary/aromatic N) is 3. The van der Waals surface area contributed by atoms with Gasteiger partial charge in [0.05, 0.1) is 0 Å². The summed E-state index contributed by atoms with van der Waals surface area (Å²) < 4.78 is 0.630. The molecule has 0 amide bonds. The van der Waals surface area contributed by atoms with Crippen molar-refractivity contribution in [1.82, 2.24) is 15.0 Å². The van der Waals surface area contributed by atoms with Crippen LogP contribution in [-0.2, 0) is 0 Å². The molecule has 0 bridgehead atoms. The van der Waals surface area contributed by atoms with E-state index < -0.39 is 0 Å². The highest BCUT2D eigenvalue weighted by Gasteiger charge is 1.95. The van der Waals surface area contributed by atoms with Crippen molar-refractivity contribution in [2.45, 2.75) is 6.92 Å². The van der Waals surface area contributed by atoms with Gasteiger partial charge in [-0.1, -0.05) is 0 Å². The third kappa shape index (κ3) is 2.02. The smallest absolute Gasteiger partial charge is 0.208 e. The SMILES string of the molecule is Cc1nc(Cl)nc(I)n1. The van der Waals surface area contributed by atoms with Crippen molar-refractivity contribution < 1.29 is 0 Å². The first-order valence-electron chi connectivity index (χ1n) is 2.22. The van der Waals surface area contributed by atoms with Gasteiger partial charge >= 0.3 is 0 Å². The van der Waals surface area contributed by atoms with Gasteiger partial charge in [0.25, 0.3) is 0 Å². The summed E-state index contributed by atoms with van der Waals surface area (Å²) in [5.41, 5.74) is 0. The minimum atomic E-state index is 0.256. The van der Waals surface area contributed by atoms with E-state index in [1.807, 2.05) is 22.6 Å². The van der Waals surface area contributed by atoms with Crippen LogP contribution in [0.1, 0.15) is 5.82 Å². The van der Waals surface area contributed by atoms with Crippen LogP contribution in [0.2, 0.25) is 5.28 Å². The summed E-state index contributed by atoms with van der Waals surface area (Å²) in [5.74, 6) is 0.652. The minimum Gasteiger partial charge on any atom is -0.208 e. The van der Waals surface area contributed by atoms with Gasteiger partial charge in [-0.05, 0) is 18.5 Å². The molecular weight excluding hydrogens is 252 g/mol. The largest absolute Gasteiger partial charge is 0.226 e. The molecule has 5 heteroatoms. The first-order valence-corrected chi connectivity index (χ1v) is 3.68. The number of aromatic nitrogens is 3. The lowest BCUT2D eigenvalue weighted by atomic mass is 10.7. The number of halogens is 2. The van der Waals surface area contributed by atoms with Crippen LogP contribution in [0.15, 0.2) is 0 Å². The lowest BCUT2D eigenvalue weighted by molar-refractivity contribution is 0.942. The highest BCUT2D eigenvalue weighted by Crippen LogP contribution is 2.02. The molecule has 48 valence electrons. The average Bonchev–Trinajstić information content (AvgIpc) is 1.59. The topological polar surface area (TPSA) is 38.7 Å². The fourth-order valence-corrected chi connectivity index (χ4v) is 1.34. The van der Waals surface area contributed by atoms with Gasteiger partial charge < -0.3 is 0 Å². The van der Waals surface area contributed by atoms with Gasteiger partial charge in [0.15, 0.2) is 3.83 Å². The highest BCUT2D eigenvalue weighted by atomic mass is 127. The molecule has 3 nitrogen and oxygen atoms in total. The quantitative estimate of drug-likeness (QED) is 0.659. The molecule has 1 heterocycles. The van der Waals surface area contributed by atoms with E-state index in [2.05, 4.69) is 15.0 Å². The molecule has 1 rings (SSSR count). The lowest BCUT2D eigenvalue weighted by Gasteiger charge is -1.91. The Kier molecular flexibility index (Phi) is 2.18. The van der Waals surface area contributed by atoms with E-state index >= 15 is 0 Å². The summed E-state index contributed by atoms with van der Waals surface area (Å²) in [6.07, 6.45) is 0. The predicted octanol–water partition coefficient (Wildman–Crippen LogP) is 1.44. The maximum atomic E-state index is 5.48. The van der Waals surface area contributed by atoms with E-state index in [-0.39, 0.29) is 5.28 Å². The Morgan fingerprint density at radius 1 is 1.33 bits per heavy atom. The van der Waals surface area contributed by atoms with Crippen molar-refractivity contribution in [3.63, 3.8) is 0 Å². The minimum absolute atomic E-state index is 0.256. The Balaban J connectivity index is 3.17. The Morgan fingerprint density at radius 3 is 2.44 bits per heavy atom. The molecule has 0 unspecified atom stereocenters. The van der Waals surface area contributed by atoms with Crippen LogP contribution < -0.4 is 0 Å². The molecular formula is C4H3ClIN3. The molecule has 0 aliphatic carbocycles. The third-order valence-corrected chi connectivity index (χ3v) is 1.34. The highest BCUT2D eigenvalue weighted by molar-refractivity contribution is 14.1. The second kappa shape index (κ2) is 2.74. The zero-order chi connectivity index (χ0) is 6.85. The second-order valence-corrected chi connectivity index (χ2v) is 2.72. The molecule has 9 heavy (non-hydrogen) atoms. The van der Waals surface area contributed by atoms with Gasteiger partial charge in [-0.2, -0.15) is 4.98 Å². The summed E-state index contributed by atoms with van der Waals surface area (Å²) in [6, 6.07) is 0. The Bertz CT molecular complexity index is 177. The van der Waals surface area contributed by atoms with Gasteiger partial charge in [-0.15, -0.1) is 0 Å². The molecule has 0 radical (unpaired) electrons. The molecule has 0 saturated carbocycles. The number of aryl methyl sites for hydroxylation is 1. The fourth-order valence-electron chi connectivity index (χ4n) is 0.418. The van der Waals surface area contributed by atoms with Gasteiger partial charge in [-0.3, -0.25) is 0 Å². The zero-order valence-electron chi connectivity index (χ0n) is 4.60. The van der Waals surface area contributed by atoms with Gasteiger partial charge in [0.1, 0.15) is 5.82 Å². The average molecular weight is 255 g/mol. The van der Waals surface area contributed by atoms with Crippen LogP contribution in [0, 0.1) is 10.8 Å². The van der Waals surface area contributed by atoms with Crippen LogP contribution in [0.25, 0.3) is 0 Å². The normalized spacial score (nSPS) is 9.67. The van der Waals surface area contributed by atoms with Crippen LogP contribution in [0.3, 0.4) is 0 Å². The molecule has 0 aromatic carbocycles. The Morgan fingerprint density at radius 2 is 2.00 bits per heavy atom. The van der Waals surface area contributed by atoms with E-state index in [0.717, 1.165) is 0 Å². The number of rotatable bonds is 0. The van der Waals surface area contributed by atoms with Gasteiger partial charge in [0.2, 0.25) is 5.28 Å². The molecule has 0 aliphatic heterocycles. The van der Waals surface area contributed by atoms with Crippen molar-refractivity contribution in [2.24, 2.45) is 0 Å². The van der Waals surface area contributed by atoms with Crippen molar-refractivity contribution in [3.8, 4) is 0 Å². The third-order valence-electron chi connectivity index (χ3n) is 0.693. The summed E-state index contributed by atoms with van der Waals surface area (Å²) in [6.45, 7) is 1.77. The fraction of sp³-hybridized carbons (Fsp3) is 0.250. The van der Waals surface area contributed by atoms with Crippen LogP contribution in [-0.4, -0.2) is 15.0 Å². The molecule has 0 spiro atoms. The van der Waals surface area contributed by atoms with Crippen molar-refractivity contribution >= 4 is 34.2 Å². The van der Waals surface area contributed by atoms with Crippen LogP contribution in [0.5, 0.6) is 0 Å². The van der Waals surface area contributed by atoms with Crippen molar-refractivity contribution in [1.29, 1.82) is 0 Å². The summed E-state index contributed by atoms with van der Waals surface area (Å²) in [7, 11) is 0. The zero-order valence-corrected chi connectivity index (χ0v) is 7.51. The molecule has 1 aromatic heterocycles. The summed E-state index contributed by atoms with van der Waals surface area (Å²) >= 11 is 7.47. The first kappa shape index (κ1) is 7.14. The van der Waals surface area contributed by atoms with E-state index in [9.17, 15) is 0 Å². The second-order valence-electron chi connectivity index (χ2n) is 1.42. The number of hydrogen-bond donors (Lipinski definition) is 0. The molecule has 0 atom stereocenters. The first-order chi connectivity index (χ1) is 4.18. The lowest BCUT2D eigenvalue weighted by Crippen LogP contribution is -1.94.